The van der Waals surface area contributed by atoms with Crippen molar-refractivity contribution in [1.29, 1.82) is 0 Å². The molecule has 7 heteroatoms. The molecule has 0 saturated heterocycles. The molecule has 0 aliphatic rings. The van der Waals surface area contributed by atoms with Crippen molar-refractivity contribution >= 4 is 5.97 Å². The van der Waals surface area contributed by atoms with Gasteiger partial charge in [0.15, 0.2) is 0 Å². The van der Waals surface area contributed by atoms with Gasteiger partial charge in [0.05, 0.1) is 17.9 Å². The van der Waals surface area contributed by atoms with Crippen molar-refractivity contribution in [2.24, 2.45) is 0 Å². The number of aryl methyl sites for hydroxylation is 3. The third kappa shape index (κ3) is 6.37. The lowest BCUT2D eigenvalue weighted by Gasteiger charge is -2.19. The minimum Gasteiger partial charge on any atom is -0.486 e. The number of alkyl halides is 3. The summed E-state index contributed by atoms with van der Waals surface area (Å²) in [6.07, 6.45) is -3.71. The van der Waals surface area contributed by atoms with E-state index < -0.39 is 11.7 Å². The summed E-state index contributed by atoms with van der Waals surface area (Å²) in [5, 5.41) is 0. The topological polar surface area (TPSA) is 48.4 Å². The van der Waals surface area contributed by atoms with Crippen LogP contribution >= 0.6 is 0 Å². The van der Waals surface area contributed by atoms with Crippen molar-refractivity contribution in [3.8, 4) is 17.0 Å². The SMILES string of the molecule is CCOC(=O)CCc1ccc(OC(C)c2ccc(-c3ccc(C(F)(F)F)cc3)nc2C)c(C)c1. The third-order valence-corrected chi connectivity index (χ3v) is 5.54. The molecule has 0 aliphatic carbocycles. The monoisotopic (exact) mass is 471 g/mol. The van der Waals surface area contributed by atoms with Crippen LogP contribution < -0.4 is 4.74 Å². The highest BCUT2D eigenvalue weighted by molar-refractivity contribution is 5.69. The van der Waals surface area contributed by atoms with E-state index in [9.17, 15) is 18.0 Å². The van der Waals surface area contributed by atoms with Crippen LogP contribution in [0.25, 0.3) is 11.3 Å². The Labute approximate surface area is 197 Å². The molecule has 3 rings (SSSR count). The highest BCUT2D eigenvalue weighted by Crippen LogP contribution is 2.32. The minimum absolute atomic E-state index is 0.211. The molecule has 3 aromatic rings. The molecule has 1 unspecified atom stereocenters. The Kier molecular flexibility index (Phi) is 7.97. The van der Waals surface area contributed by atoms with Crippen molar-refractivity contribution in [2.75, 3.05) is 6.61 Å². The fourth-order valence-corrected chi connectivity index (χ4v) is 3.72. The number of nitrogens with zero attached hydrogens (tertiary/aromatic N) is 1. The van der Waals surface area contributed by atoms with Crippen molar-refractivity contribution < 1.29 is 27.4 Å². The number of carbonyl (C=O) groups is 1. The van der Waals surface area contributed by atoms with E-state index in [2.05, 4.69) is 4.98 Å². The second-order valence-corrected chi connectivity index (χ2v) is 8.11. The van der Waals surface area contributed by atoms with E-state index in [1.165, 1.54) is 12.1 Å². The molecule has 0 aliphatic heterocycles. The number of hydrogen-bond acceptors (Lipinski definition) is 4. The largest absolute Gasteiger partial charge is 0.486 e. The summed E-state index contributed by atoms with van der Waals surface area (Å²) in [7, 11) is 0. The van der Waals surface area contributed by atoms with Gasteiger partial charge in [0.1, 0.15) is 11.9 Å². The summed E-state index contributed by atoms with van der Waals surface area (Å²) in [6, 6.07) is 14.5. The summed E-state index contributed by atoms with van der Waals surface area (Å²) in [6.45, 7) is 7.90. The summed E-state index contributed by atoms with van der Waals surface area (Å²) in [4.78, 5) is 16.2. The van der Waals surface area contributed by atoms with Crippen molar-refractivity contribution in [3.05, 3.63) is 82.5 Å². The number of aromatic nitrogens is 1. The van der Waals surface area contributed by atoms with E-state index in [1.54, 1.807) is 13.0 Å². The fourth-order valence-electron chi connectivity index (χ4n) is 3.72. The Balaban J connectivity index is 1.69. The maximum absolute atomic E-state index is 12.8. The maximum Gasteiger partial charge on any atom is 0.416 e. The summed E-state index contributed by atoms with van der Waals surface area (Å²) in [5.74, 6) is 0.524. The van der Waals surface area contributed by atoms with Gasteiger partial charge in [-0.05, 0) is 69.5 Å². The first-order valence-corrected chi connectivity index (χ1v) is 11.2. The molecule has 0 bridgehead atoms. The molecule has 2 aromatic carbocycles. The normalized spacial score (nSPS) is 12.3. The van der Waals surface area contributed by atoms with E-state index in [4.69, 9.17) is 9.47 Å². The Morgan fingerprint density at radius 2 is 1.74 bits per heavy atom. The first kappa shape index (κ1) is 25.3. The van der Waals surface area contributed by atoms with Gasteiger partial charge in [-0.1, -0.05) is 30.3 Å². The van der Waals surface area contributed by atoms with Crippen LogP contribution in [0.15, 0.2) is 54.6 Å². The Morgan fingerprint density at radius 3 is 2.32 bits per heavy atom. The maximum atomic E-state index is 12.8. The predicted molar refractivity (Wildman–Crippen MR) is 125 cm³/mol. The Hall–Kier alpha value is -3.35. The lowest BCUT2D eigenvalue weighted by molar-refractivity contribution is -0.143. The van der Waals surface area contributed by atoms with Crippen molar-refractivity contribution in [2.45, 2.75) is 52.8 Å². The molecular weight excluding hydrogens is 443 g/mol. The summed E-state index contributed by atoms with van der Waals surface area (Å²) < 4.78 is 49.6. The van der Waals surface area contributed by atoms with E-state index in [-0.39, 0.29) is 12.1 Å². The average molecular weight is 472 g/mol. The van der Waals surface area contributed by atoms with Crippen LogP contribution in [0.4, 0.5) is 13.2 Å². The number of carbonyl (C=O) groups excluding carboxylic acids is 1. The molecule has 0 N–H and O–H groups in total. The van der Waals surface area contributed by atoms with Crippen LogP contribution in [0, 0.1) is 13.8 Å². The van der Waals surface area contributed by atoms with Crippen LogP contribution in [0.1, 0.15) is 54.3 Å². The minimum atomic E-state index is -4.37. The zero-order valence-electron chi connectivity index (χ0n) is 19.7. The second kappa shape index (κ2) is 10.7. The van der Waals surface area contributed by atoms with Gasteiger partial charge in [-0.2, -0.15) is 13.2 Å². The van der Waals surface area contributed by atoms with E-state index in [0.29, 0.717) is 30.7 Å². The van der Waals surface area contributed by atoms with Gasteiger partial charge in [0, 0.05) is 23.2 Å². The van der Waals surface area contributed by atoms with Crippen molar-refractivity contribution in [3.63, 3.8) is 0 Å². The quantitative estimate of drug-likeness (QED) is 0.331. The molecule has 0 saturated carbocycles. The van der Waals surface area contributed by atoms with Crippen LogP contribution in [-0.2, 0) is 22.1 Å². The third-order valence-electron chi connectivity index (χ3n) is 5.54. The zero-order valence-corrected chi connectivity index (χ0v) is 19.7. The highest BCUT2D eigenvalue weighted by atomic mass is 19.4. The summed E-state index contributed by atoms with van der Waals surface area (Å²) >= 11 is 0. The van der Waals surface area contributed by atoms with Gasteiger partial charge in [-0.3, -0.25) is 9.78 Å². The van der Waals surface area contributed by atoms with Crippen molar-refractivity contribution in [1.82, 2.24) is 4.98 Å². The number of ether oxygens (including phenoxy) is 2. The first-order valence-electron chi connectivity index (χ1n) is 11.2. The molecule has 0 amide bonds. The van der Waals surface area contributed by atoms with Crippen LogP contribution in [0.5, 0.6) is 5.75 Å². The predicted octanol–water partition coefficient (Wildman–Crippen LogP) is 7.02. The second-order valence-electron chi connectivity index (χ2n) is 8.11. The lowest BCUT2D eigenvalue weighted by Crippen LogP contribution is -2.08. The number of esters is 1. The highest BCUT2D eigenvalue weighted by Gasteiger charge is 2.30. The summed E-state index contributed by atoms with van der Waals surface area (Å²) in [5.41, 5.74) is 4.16. The van der Waals surface area contributed by atoms with Crippen LogP contribution in [0.3, 0.4) is 0 Å². The Bertz CT molecular complexity index is 1140. The first-order chi connectivity index (χ1) is 16.1. The number of pyridine rings is 1. The standard InChI is InChI=1S/C27H28F3NO3/c1-5-33-26(32)15-7-20-6-14-25(17(2)16-20)34-19(4)23-12-13-24(31-18(23)3)21-8-10-22(11-9-21)27(28,29)30/h6,8-14,16,19H,5,7,15H2,1-4H3. The number of hydrogen-bond donors (Lipinski definition) is 0. The molecule has 0 fully saturated rings. The number of halogens is 3. The molecule has 180 valence electrons. The van der Waals surface area contributed by atoms with Gasteiger partial charge in [-0.25, -0.2) is 0 Å². The lowest BCUT2D eigenvalue weighted by atomic mass is 10.0. The molecule has 1 atom stereocenters. The molecule has 0 radical (unpaired) electrons. The molecular formula is C27H28F3NO3. The van der Waals surface area contributed by atoms with Gasteiger partial charge >= 0.3 is 12.1 Å². The molecule has 1 aromatic heterocycles. The molecule has 4 nitrogen and oxygen atoms in total. The van der Waals surface area contributed by atoms with E-state index in [1.807, 2.05) is 45.0 Å². The van der Waals surface area contributed by atoms with Gasteiger partial charge in [-0.15, -0.1) is 0 Å². The number of benzene rings is 2. The van der Waals surface area contributed by atoms with Crippen LogP contribution in [0.2, 0.25) is 0 Å². The number of rotatable bonds is 8. The van der Waals surface area contributed by atoms with Gasteiger partial charge in [0.25, 0.3) is 0 Å². The molecule has 0 spiro atoms. The molecule has 34 heavy (non-hydrogen) atoms. The molecule has 1 heterocycles. The van der Waals surface area contributed by atoms with Gasteiger partial charge < -0.3 is 9.47 Å². The van der Waals surface area contributed by atoms with E-state index >= 15 is 0 Å². The average Bonchev–Trinajstić information content (AvgIpc) is 2.79. The zero-order chi connectivity index (χ0) is 24.9. The van der Waals surface area contributed by atoms with E-state index in [0.717, 1.165) is 40.3 Å². The fraction of sp³-hybridized carbons (Fsp3) is 0.333. The Morgan fingerprint density at radius 1 is 1.03 bits per heavy atom. The van der Waals surface area contributed by atoms with Gasteiger partial charge in [0.2, 0.25) is 0 Å². The van der Waals surface area contributed by atoms with Crippen LogP contribution in [-0.4, -0.2) is 17.6 Å². The smallest absolute Gasteiger partial charge is 0.416 e.